The molecule has 0 spiro atoms. The summed E-state index contributed by atoms with van der Waals surface area (Å²) < 4.78 is 0. The van der Waals surface area contributed by atoms with Gasteiger partial charge in [-0.15, -0.1) is 0 Å². The van der Waals surface area contributed by atoms with Crippen molar-refractivity contribution in [2.45, 2.75) is 58.4 Å². The number of nitrogens with zero attached hydrogens (tertiary/aromatic N) is 1. The molecule has 0 aliphatic heterocycles. The van der Waals surface area contributed by atoms with Crippen molar-refractivity contribution in [1.29, 1.82) is 5.26 Å². The zero-order valence-corrected chi connectivity index (χ0v) is 11.0. The molecule has 2 atom stereocenters. The predicted molar refractivity (Wildman–Crippen MR) is 69.1 cm³/mol. The summed E-state index contributed by atoms with van der Waals surface area (Å²) in [5.74, 6) is 0.601. The van der Waals surface area contributed by atoms with Crippen molar-refractivity contribution >= 4 is 5.91 Å². The average Bonchev–Trinajstić information content (AvgIpc) is 2.33. The molecule has 0 fully saturated rings. The van der Waals surface area contributed by atoms with Gasteiger partial charge < -0.3 is 11.1 Å². The van der Waals surface area contributed by atoms with E-state index in [1.165, 1.54) is 0 Å². The highest BCUT2D eigenvalue weighted by Gasteiger charge is 2.12. The summed E-state index contributed by atoms with van der Waals surface area (Å²) in [5, 5.41) is 11.5. The molecule has 17 heavy (non-hydrogen) atoms. The minimum Gasteiger partial charge on any atom is -0.352 e. The van der Waals surface area contributed by atoms with Gasteiger partial charge in [0.25, 0.3) is 0 Å². The summed E-state index contributed by atoms with van der Waals surface area (Å²) in [6, 6.07) is 2.09. The van der Waals surface area contributed by atoms with Crippen molar-refractivity contribution < 1.29 is 4.79 Å². The first-order valence-corrected chi connectivity index (χ1v) is 6.54. The molecule has 3 N–H and O–H groups in total. The summed E-state index contributed by atoms with van der Waals surface area (Å²) in [5.41, 5.74) is 5.52. The molecule has 4 nitrogen and oxygen atoms in total. The summed E-state index contributed by atoms with van der Waals surface area (Å²) >= 11 is 0. The number of hydrogen-bond acceptors (Lipinski definition) is 3. The lowest BCUT2D eigenvalue weighted by molar-refractivity contribution is -0.122. The lowest BCUT2D eigenvalue weighted by atomic mass is 9.96. The van der Waals surface area contributed by atoms with Gasteiger partial charge >= 0.3 is 0 Å². The summed E-state index contributed by atoms with van der Waals surface area (Å²) in [6.45, 7) is 4.79. The Morgan fingerprint density at radius 3 is 2.53 bits per heavy atom. The standard InChI is InChI=1S/C13H25N3O/c1-3-11(7-9-14)5-6-13(17)16-12(4-2)8-10-15/h11-12H,3-9,14H2,1-2H3,(H,16,17). The maximum atomic E-state index is 11.7. The zero-order valence-electron chi connectivity index (χ0n) is 11.0. The third-order valence-electron chi connectivity index (χ3n) is 3.13. The monoisotopic (exact) mass is 239 g/mol. The van der Waals surface area contributed by atoms with Gasteiger partial charge in [0.05, 0.1) is 12.5 Å². The first-order chi connectivity index (χ1) is 8.17. The fourth-order valence-corrected chi connectivity index (χ4v) is 1.83. The van der Waals surface area contributed by atoms with Crippen LogP contribution in [0, 0.1) is 17.2 Å². The first-order valence-electron chi connectivity index (χ1n) is 6.54. The smallest absolute Gasteiger partial charge is 0.220 e. The van der Waals surface area contributed by atoms with Crippen LogP contribution in [-0.2, 0) is 4.79 Å². The molecule has 2 unspecified atom stereocenters. The number of amides is 1. The van der Waals surface area contributed by atoms with E-state index in [0.29, 0.717) is 25.3 Å². The van der Waals surface area contributed by atoms with Crippen molar-refractivity contribution in [2.75, 3.05) is 6.54 Å². The molecule has 0 aromatic carbocycles. The van der Waals surface area contributed by atoms with E-state index >= 15 is 0 Å². The second-order valence-corrected chi connectivity index (χ2v) is 4.43. The molecular formula is C13H25N3O. The SMILES string of the molecule is CCC(CCN)CCC(=O)NC(CC)CC#N. The van der Waals surface area contributed by atoms with E-state index in [1.54, 1.807) is 0 Å². The molecule has 0 radical (unpaired) electrons. The predicted octanol–water partition coefficient (Wildman–Crippen LogP) is 1.95. The number of carbonyl (C=O) groups is 1. The van der Waals surface area contributed by atoms with Gasteiger partial charge in [0.1, 0.15) is 0 Å². The Balaban J connectivity index is 3.88. The fourth-order valence-electron chi connectivity index (χ4n) is 1.83. The normalized spacial score (nSPS) is 13.8. The molecule has 0 saturated heterocycles. The van der Waals surface area contributed by atoms with Gasteiger partial charge in [-0.05, 0) is 31.7 Å². The number of hydrogen-bond donors (Lipinski definition) is 2. The molecule has 0 heterocycles. The minimum absolute atomic E-state index is 0.00193. The van der Waals surface area contributed by atoms with Crippen LogP contribution in [-0.4, -0.2) is 18.5 Å². The molecule has 1 amide bonds. The molecule has 0 saturated carbocycles. The van der Waals surface area contributed by atoms with Gasteiger partial charge in [0, 0.05) is 12.5 Å². The quantitative estimate of drug-likeness (QED) is 0.645. The largest absolute Gasteiger partial charge is 0.352 e. The number of carbonyl (C=O) groups excluding carboxylic acids is 1. The Bertz CT molecular complexity index is 248. The average molecular weight is 239 g/mol. The van der Waals surface area contributed by atoms with E-state index < -0.39 is 0 Å². The summed E-state index contributed by atoms with van der Waals surface area (Å²) in [6.07, 6.45) is 4.68. The molecule has 0 bridgehead atoms. The summed E-state index contributed by atoms with van der Waals surface area (Å²) in [7, 11) is 0. The molecule has 0 aliphatic rings. The zero-order chi connectivity index (χ0) is 13.1. The molecule has 98 valence electrons. The van der Waals surface area contributed by atoms with Crippen molar-refractivity contribution in [3.8, 4) is 6.07 Å². The first kappa shape index (κ1) is 15.9. The third-order valence-corrected chi connectivity index (χ3v) is 3.13. The number of nitriles is 1. The summed E-state index contributed by atoms with van der Waals surface area (Å²) in [4.78, 5) is 11.7. The van der Waals surface area contributed by atoms with Crippen molar-refractivity contribution in [2.24, 2.45) is 11.7 Å². The molecule has 0 aromatic rings. The van der Waals surface area contributed by atoms with Crippen molar-refractivity contribution in [3.63, 3.8) is 0 Å². The van der Waals surface area contributed by atoms with Crippen LogP contribution in [0.25, 0.3) is 0 Å². The third kappa shape index (κ3) is 7.76. The Morgan fingerprint density at radius 2 is 2.06 bits per heavy atom. The maximum Gasteiger partial charge on any atom is 0.220 e. The second kappa shape index (κ2) is 10.1. The Hall–Kier alpha value is -1.08. The van der Waals surface area contributed by atoms with E-state index in [4.69, 9.17) is 11.0 Å². The van der Waals surface area contributed by atoms with Gasteiger partial charge in [-0.1, -0.05) is 20.3 Å². The maximum absolute atomic E-state index is 11.7. The Morgan fingerprint density at radius 1 is 1.35 bits per heavy atom. The highest BCUT2D eigenvalue weighted by molar-refractivity contribution is 5.76. The van der Waals surface area contributed by atoms with E-state index in [9.17, 15) is 4.79 Å². The molecule has 0 rings (SSSR count). The van der Waals surface area contributed by atoms with Crippen LogP contribution in [0.5, 0.6) is 0 Å². The van der Waals surface area contributed by atoms with Crippen LogP contribution >= 0.6 is 0 Å². The van der Waals surface area contributed by atoms with E-state index in [0.717, 1.165) is 25.7 Å². The lowest BCUT2D eigenvalue weighted by Crippen LogP contribution is -2.34. The molecular weight excluding hydrogens is 214 g/mol. The Kier molecular flexibility index (Phi) is 9.46. The van der Waals surface area contributed by atoms with Gasteiger partial charge in [-0.3, -0.25) is 4.79 Å². The van der Waals surface area contributed by atoms with Crippen LogP contribution in [0.2, 0.25) is 0 Å². The van der Waals surface area contributed by atoms with Crippen LogP contribution in [0.3, 0.4) is 0 Å². The van der Waals surface area contributed by atoms with Crippen LogP contribution in [0.4, 0.5) is 0 Å². The van der Waals surface area contributed by atoms with Gasteiger partial charge in [-0.2, -0.15) is 5.26 Å². The molecule has 4 heteroatoms. The van der Waals surface area contributed by atoms with Crippen LogP contribution in [0.15, 0.2) is 0 Å². The Labute approximate surface area is 105 Å². The minimum atomic E-state index is 0.00193. The fraction of sp³-hybridized carbons (Fsp3) is 0.846. The van der Waals surface area contributed by atoms with Gasteiger partial charge in [0.2, 0.25) is 5.91 Å². The number of rotatable bonds is 9. The second-order valence-electron chi connectivity index (χ2n) is 4.43. The van der Waals surface area contributed by atoms with E-state index in [2.05, 4.69) is 18.3 Å². The van der Waals surface area contributed by atoms with Crippen molar-refractivity contribution in [3.05, 3.63) is 0 Å². The highest BCUT2D eigenvalue weighted by Crippen LogP contribution is 2.14. The highest BCUT2D eigenvalue weighted by atomic mass is 16.1. The van der Waals surface area contributed by atoms with Crippen molar-refractivity contribution in [1.82, 2.24) is 5.32 Å². The molecule has 0 aromatic heterocycles. The van der Waals surface area contributed by atoms with Crippen LogP contribution < -0.4 is 11.1 Å². The van der Waals surface area contributed by atoms with Crippen LogP contribution in [0.1, 0.15) is 52.4 Å². The molecule has 0 aliphatic carbocycles. The van der Waals surface area contributed by atoms with Gasteiger partial charge in [-0.25, -0.2) is 0 Å². The lowest BCUT2D eigenvalue weighted by Gasteiger charge is -2.16. The number of nitrogens with one attached hydrogen (secondary N) is 1. The topological polar surface area (TPSA) is 78.9 Å². The van der Waals surface area contributed by atoms with Gasteiger partial charge in [0.15, 0.2) is 0 Å². The van der Waals surface area contributed by atoms with E-state index in [1.807, 2.05) is 6.92 Å². The van der Waals surface area contributed by atoms with E-state index in [-0.39, 0.29) is 11.9 Å². The number of nitrogens with two attached hydrogens (primary N) is 1.